The molecule has 3 aromatic rings. The minimum absolute atomic E-state index is 0.324. The largest absolute Gasteiger partial charge is 0.497 e. The fraction of sp³-hybridized carbons (Fsp3) is 0.0870. The van der Waals surface area contributed by atoms with E-state index < -0.39 is 11.7 Å². The minimum atomic E-state index is -4.40. The van der Waals surface area contributed by atoms with E-state index in [9.17, 15) is 17.6 Å². The summed E-state index contributed by atoms with van der Waals surface area (Å²) in [6.45, 7) is 0. The number of hydrogen-bond acceptors (Lipinski definition) is 3. The zero-order valence-corrected chi connectivity index (χ0v) is 16.7. The van der Waals surface area contributed by atoms with Crippen LogP contribution >= 0.6 is 11.8 Å². The number of hydrogen-bond donors (Lipinski definition) is 0. The van der Waals surface area contributed by atoms with Crippen LogP contribution in [0.4, 0.5) is 23.2 Å². The Kier molecular flexibility index (Phi) is 6.95. The summed E-state index contributed by atoms with van der Waals surface area (Å²) in [4.78, 5) is 5.38. The Morgan fingerprint density at radius 1 is 0.900 bits per heavy atom. The number of benzene rings is 3. The Morgan fingerprint density at radius 2 is 1.53 bits per heavy atom. The zero-order chi connectivity index (χ0) is 21.6. The molecule has 0 amide bonds. The lowest BCUT2D eigenvalue weighted by Crippen LogP contribution is -2.05. The molecule has 0 saturated heterocycles. The lowest BCUT2D eigenvalue weighted by Gasteiger charge is -2.08. The maximum Gasteiger partial charge on any atom is 0.416 e. The second-order valence-electron chi connectivity index (χ2n) is 6.14. The molecule has 0 heterocycles. The Morgan fingerprint density at radius 3 is 2.10 bits per heavy atom. The summed E-state index contributed by atoms with van der Waals surface area (Å²) in [5.74, 6) is 0.349. The van der Waals surface area contributed by atoms with E-state index in [2.05, 4.69) is 4.99 Å². The second kappa shape index (κ2) is 9.63. The highest BCUT2D eigenvalue weighted by molar-refractivity contribution is 8.02. The molecule has 0 fully saturated rings. The highest BCUT2D eigenvalue weighted by Gasteiger charge is 2.30. The van der Waals surface area contributed by atoms with Gasteiger partial charge in [-0.2, -0.15) is 13.2 Å². The Labute approximate surface area is 175 Å². The van der Waals surface area contributed by atoms with Crippen molar-refractivity contribution in [3.63, 3.8) is 0 Å². The van der Waals surface area contributed by atoms with E-state index in [0.717, 1.165) is 17.0 Å². The Balaban J connectivity index is 1.89. The van der Waals surface area contributed by atoms with Gasteiger partial charge in [0.1, 0.15) is 11.6 Å². The number of rotatable bonds is 6. The topological polar surface area (TPSA) is 21.6 Å². The van der Waals surface area contributed by atoms with Crippen LogP contribution < -0.4 is 4.74 Å². The van der Waals surface area contributed by atoms with Gasteiger partial charge in [0.25, 0.3) is 0 Å². The minimum Gasteiger partial charge on any atom is -0.497 e. The van der Waals surface area contributed by atoms with Gasteiger partial charge >= 0.3 is 6.18 Å². The average molecular weight is 431 g/mol. The summed E-state index contributed by atoms with van der Waals surface area (Å²) < 4.78 is 56.8. The lowest BCUT2D eigenvalue weighted by atomic mass is 10.1. The predicted octanol–water partition coefficient (Wildman–Crippen LogP) is 7.28. The van der Waals surface area contributed by atoms with E-state index in [1.165, 1.54) is 36.0 Å². The summed E-state index contributed by atoms with van der Waals surface area (Å²) in [5, 5.41) is 1.76. The third-order valence-electron chi connectivity index (χ3n) is 4.07. The molecule has 0 bridgehead atoms. The second-order valence-corrected chi connectivity index (χ2v) is 7.12. The molecule has 0 radical (unpaired) electrons. The van der Waals surface area contributed by atoms with Crippen LogP contribution in [0.25, 0.3) is 0 Å². The maximum absolute atomic E-state index is 13.0. The third kappa shape index (κ3) is 5.97. The van der Waals surface area contributed by atoms with Gasteiger partial charge in [-0.3, -0.25) is 0 Å². The monoisotopic (exact) mass is 431 g/mol. The molecular weight excluding hydrogens is 414 g/mol. The Bertz CT molecular complexity index is 1020. The van der Waals surface area contributed by atoms with Crippen molar-refractivity contribution in [1.29, 1.82) is 0 Å². The summed E-state index contributed by atoms with van der Waals surface area (Å²) in [5.41, 5.74) is 0.931. The first kappa shape index (κ1) is 21.6. The molecule has 0 aromatic heterocycles. The van der Waals surface area contributed by atoms with E-state index in [4.69, 9.17) is 4.74 Å². The smallest absolute Gasteiger partial charge is 0.416 e. The van der Waals surface area contributed by atoms with E-state index in [-0.39, 0.29) is 5.82 Å². The first-order valence-corrected chi connectivity index (χ1v) is 9.72. The van der Waals surface area contributed by atoms with E-state index in [1.807, 2.05) is 0 Å². The van der Waals surface area contributed by atoms with Crippen molar-refractivity contribution in [2.75, 3.05) is 7.11 Å². The number of methoxy groups -OCH3 is 1. The number of aliphatic imine (C=N–C) groups is 1. The van der Waals surface area contributed by atoms with Crippen molar-refractivity contribution in [2.24, 2.45) is 4.99 Å². The number of halogens is 4. The van der Waals surface area contributed by atoms with Gasteiger partial charge in [0.05, 0.1) is 24.1 Å². The first-order chi connectivity index (χ1) is 14.3. The molecule has 0 atom stereocenters. The lowest BCUT2D eigenvalue weighted by molar-refractivity contribution is -0.137. The van der Waals surface area contributed by atoms with Gasteiger partial charge in [-0.15, -0.1) is 0 Å². The van der Waals surface area contributed by atoms with Crippen molar-refractivity contribution in [2.45, 2.75) is 11.1 Å². The van der Waals surface area contributed by atoms with Crippen molar-refractivity contribution in [1.82, 2.24) is 0 Å². The van der Waals surface area contributed by atoms with E-state index in [0.29, 0.717) is 22.7 Å². The van der Waals surface area contributed by atoms with Gasteiger partial charge in [0.15, 0.2) is 0 Å². The maximum atomic E-state index is 13.0. The molecule has 0 aliphatic rings. The van der Waals surface area contributed by atoms with Gasteiger partial charge in [0.2, 0.25) is 0 Å². The average Bonchev–Trinajstić information content (AvgIpc) is 2.74. The van der Waals surface area contributed by atoms with E-state index in [1.54, 1.807) is 55.0 Å². The quantitative estimate of drug-likeness (QED) is 0.232. The molecular formula is C23H17F4NOS. The van der Waals surface area contributed by atoms with Gasteiger partial charge in [0, 0.05) is 10.5 Å². The van der Waals surface area contributed by atoms with Crippen molar-refractivity contribution in [3.05, 3.63) is 101 Å². The number of ether oxygens (including phenoxy) is 1. The summed E-state index contributed by atoms with van der Waals surface area (Å²) in [7, 11) is 1.56. The molecule has 3 rings (SSSR count). The molecule has 0 spiro atoms. The molecule has 154 valence electrons. The normalized spacial score (nSPS) is 12.4. The van der Waals surface area contributed by atoms with Crippen LogP contribution in [0, 0.1) is 5.82 Å². The molecule has 3 aromatic carbocycles. The molecule has 7 heteroatoms. The van der Waals surface area contributed by atoms with Gasteiger partial charge in [-0.1, -0.05) is 23.9 Å². The van der Waals surface area contributed by atoms with Crippen molar-refractivity contribution in [3.8, 4) is 5.75 Å². The van der Waals surface area contributed by atoms with Crippen LogP contribution in [0.3, 0.4) is 0 Å². The van der Waals surface area contributed by atoms with Gasteiger partial charge < -0.3 is 4.74 Å². The SMILES string of the molecule is COc1ccc(/N=C(/C=C/Sc2ccc(F)cc2)c2ccc(C(F)(F)F)cc2)cc1. The summed E-state index contributed by atoms with van der Waals surface area (Å²) in [6.07, 6.45) is -2.69. The molecule has 2 nitrogen and oxygen atoms in total. The number of nitrogens with zero attached hydrogens (tertiary/aromatic N) is 1. The number of alkyl halides is 3. The molecule has 0 saturated carbocycles. The fourth-order valence-electron chi connectivity index (χ4n) is 2.51. The van der Waals surface area contributed by atoms with Crippen molar-refractivity contribution >= 4 is 23.2 Å². The van der Waals surface area contributed by atoms with Gasteiger partial charge in [-0.05, 0) is 72.1 Å². The van der Waals surface area contributed by atoms with Crippen LogP contribution in [-0.4, -0.2) is 12.8 Å². The van der Waals surface area contributed by atoms with Crippen LogP contribution in [0.1, 0.15) is 11.1 Å². The van der Waals surface area contributed by atoms with Gasteiger partial charge in [-0.25, -0.2) is 9.38 Å². The summed E-state index contributed by atoms with van der Waals surface area (Å²) in [6, 6.07) is 17.8. The highest BCUT2D eigenvalue weighted by Crippen LogP contribution is 2.29. The first-order valence-electron chi connectivity index (χ1n) is 8.84. The molecule has 0 aliphatic carbocycles. The predicted molar refractivity (Wildman–Crippen MR) is 112 cm³/mol. The molecule has 0 N–H and O–H groups in total. The van der Waals surface area contributed by atoms with Crippen LogP contribution in [0.2, 0.25) is 0 Å². The van der Waals surface area contributed by atoms with Crippen LogP contribution in [0.15, 0.2) is 94.2 Å². The van der Waals surface area contributed by atoms with Crippen molar-refractivity contribution < 1.29 is 22.3 Å². The molecule has 0 unspecified atom stereocenters. The zero-order valence-electron chi connectivity index (χ0n) is 15.9. The molecule has 0 aliphatic heterocycles. The van der Waals surface area contributed by atoms with Crippen LogP contribution in [-0.2, 0) is 6.18 Å². The fourth-order valence-corrected chi connectivity index (χ4v) is 3.16. The third-order valence-corrected chi connectivity index (χ3v) is 4.89. The summed E-state index contributed by atoms with van der Waals surface area (Å²) >= 11 is 1.35. The van der Waals surface area contributed by atoms with Crippen LogP contribution in [0.5, 0.6) is 5.75 Å². The molecule has 30 heavy (non-hydrogen) atoms. The Hall–Kier alpha value is -3.06. The highest BCUT2D eigenvalue weighted by atomic mass is 32.2. The van der Waals surface area contributed by atoms with E-state index >= 15 is 0 Å². The standard InChI is InChI=1S/C23H17F4NOS/c1-29-20-10-8-19(9-11-20)28-22(14-15-30-21-12-6-18(24)7-13-21)16-2-4-17(5-3-16)23(25,26)27/h2-15H,1H3/b15-14+,28-22-. The number of allylic oxidation sites excluding steroid dienone is 1. The number of thioether (sulfide) groups is 1.